The highest BCUT2D eigenvalue weighted by atomic mass is 16.1. The van der Waals surface area contributed by atoms with E-state index in [0.717, 1.165) is 12.8 Å². The largest absolute Gasteiger partial charge is 0.299 e. The third-order valence-electron chi connectivity index (χ3n) is 1.51. The fourth-order valence-electron chi connectivity index (χ4n) is 0.889. The van der Waals surface area contributed by atoms with Crippen molar-refractivity contribution in [2.75, 3.05) is 0 Å². The van der Waals surface area contributed by atoms with Crippen molar-refractivity contribution in [3.8, 4) is 0 Å². The lowest BCUT2D eigenvalue weighted by molar-refractivity contribution is -0.114. The predicted octanol–water partition coefficient (Wildman–Crippen LogP) is 2.50. The molecule has 3 radical (unpaired) electrons. The van der Waals surface area contributed by atoms with Crippen LogP contribution in [-0.4, -0.2) is 5.78 Å². The molecule has 0 aromatic carbocycles. The molecule has 0 saturated carbocycles. The van der Waals surface area contributed by atoms with E-state index in [1.165, 1.54) is 19.3 Å². The Hall–Kier alpha value is -0.330. The number of hydrogen-bond acceptors (Lipinski definition) is 1. The standard InChI is InChI=1S/C9H15O/c1-3-4-5-6-7-8-9(2)10/h3-8H2,1H3. The first-order valence-corrected chi connectivity index (χ1v) is 4.01. The van der Waals surface area contributed by atoms with Crippen molar-refractivity contribution in [3.05, 3.63) is 6.92 Å². The fraction of sp³-hybridized carbons (Fsp3) is 0.778. The first-order chi connectivity index (χ1) is 4.77. The van der Waals surface area contributed by atoms with Crippen LogP contribution in [0.4, 0.5) is 0 Å². The van der Waals surface area contributed by atoms with E-state index >= 15 is 0 Å². The smallest absolute Gasteiger partial charge is 0.142 e. The minimum absolute atomic E-state index is 0.420. The molecule has 0 bridgehead atoms. The van der Waals surface area contributed by atoms with Crippen molar-refractivity contribution in [2.24, 2.45) is 0 Å². The molecule has 0 saturated heterocycles. The Morgan fingerprint density at radius 3 is 2.30 bits per heavy atom. The summed E-state index contributed by atoms with van der Waals surface area (Å²) in [6.07, 6.45) is 6.16. The van der Waals surface area contributed by atoms with Crippen LogP contribution < -0.4 is 0 Å². The van der Waals surface area contributed by atoms with Crippen molar-refractivity contribution in [1.29, 1.82) is 0 Å². The van der Waals surface area contributed by atoms with Crippen LogP contribution in [-0.2, 0) is 4.79 Å². The van der Waals surface area contributed by atoms with E-state index in [-0.39, 0.29) is 0 Å². The van der Waals surface area contributed by atoms with E-state index in [9.17, 15) is 4.79 Å². The Morgan fingerprint density at radius 1 is 1.20 bits per heavy atom. The summed E-state index contributed by atoms with van der Waals surface area (Å²) in [5.74, 6) is -0.420. The molecule has 0 aromatic rings. The molecule has 0 amide bonds. The molecule has 57 valence electrons. The Morgan fingerprint density at radius 2 is 1.80 bits per heavy atom. The van der Waals surface area contributed by atoms with Gasteiger partial charge in [0.25, 0.3) is 0 Å². The third kappa shape index (κ3) is 7.67. The van der Waals surface area contributed by atoms with Gasteiger partial charge in [0.1, 0.15) is 5.78 Å². The molecule has 0 unspecified atom stereocenters. The second kappa shape index (κ2) is 6.79. The Balaban J connectivity index is 2.84. The van der Waals surface area contributed by atoms with Gasteiger partial charge in [-0.25, -0.2) is 0 Å². The van der Waals surface area contributed by atoms with Gasteiger partial charge in [0.05, 0.1) is 6.92 Å². The van der Waals surface area contributed by atoms with Crippen molar-refractivity contribution in [3.63, 3.8) is 0 Å². The van der Waals surface area contributed by atoms with Gasteiger partial charge < -0.3 is 0 Å². The molecule has 10 heavy (non-hydrogen) atoms. The molecule has 0 aliphatic carbocycles. The van der Waals surface area contributed by atoms with Gasteiger partial charge in [-0.3, -0.25) is 4.79 Å². The SMILES string of the molecule is [C]C(=O)CCCCCCC. The van der Waals surface area contributed by atoms with Crippen LogP contribution in [0.5, 0.6) is 0 Å². The topological polar surface area (TPSA) is 17.1 Å². The average molecular weight is 139 g/mol. The van der Waals surface area contributed by atoms with E-state index in [0.29, 0.717) is 6.42 Å². The summed E-state index contributed by atoms with van der Waals surface area (Å²) in [4.78, 5) is 10.1. The van der Waals surface area contributed by atoms with Gasteiger partial charge in [-0.05, 0) is 6.42 Å². The number of hydrogen-bond donors (Lipinski definition) is 0. The molecule has 0 aliphatic rings. The molecule has 0 atom stereocenters. The Labute approximate surface area is 63.8 Å². The molecule has 0 spiro atoms. The summed E-state index contributed by atoms with van der Waals surface area (Å²) in [6.45, 7) is 8.78. The molecule has 0 heterocycles. The van der Waals surface area contributed by atoms with E-state index in [4.69, 9.17) is 6.92 Å². The van der Waals surface area contributed by atoms with Crippen LogP contribution in [0, 0.1) is 6.92 Å². The van der Waals surface area contributed by atoms with Gasteiger partial charge in [0.2, 0.25) is 0 Å². The zero-order valence-corrected chi connectivity index (χ0v) is 6.65. The maximum atomic E-state index is 10.1. The molecule has 0 aliphatic heterocycles. The summed E-state index contributed by atoms with van der Waals surface area (Å²) in [7, 11) is 0. The molecule has 0 rings (SSSR count). The number of Topliss-reactive ketones (excluding diaryl/α,β-unsaturated/α-hetero) is 1. The number of carbonyl (C=O) groups is 1. The summed E-state index contributed by atoms with van der Waals surface area (Å²) < 4.78 is 0. The van der Waals surface area contributed by atoms with Crippen LogP contribution in [0.2, 0.25) is 0 Å². The van der Waals surface area contributed by atoms with E-state index < -0.39 is 5.78 Å². The summed E-state index contributed by atoms with van der Waals surface area (Å²) in [6, 6.07) is 0. The second-order valence-corrected chi connectivity index (χ2v) is 2.59. The minimum atomic E-state index is -0.420. The monoisotopic (exact) mass is 139 g/mol. The van der Waals surface area contributed by atoms with Crippen LogP contribution >= 0.6 is 0 Å². The highest BCUT2D eigenvalue weighted by Gasteiger charge is 1.92. The zero-order valence-electron chi connectivity index (χ0n) is 6.65. The number of ketones is 1. The average Bonchev–Trinajstić information content (AvgIpc) is 1.87. The first kappa shape index (κ1) is 9.67. The lowest BCUT2D eigenvalue weighted by Crippen LogP contribution is -1.89. The fourth-order valence-corrected chi connectivity index (χ4v) is 0.889. The van der Waals surface area contributed by atoms with Gasteiger partial charge in [0, 0.05) is 6.42 Å². The molecule has 0 fully saturated rings. The summed E-state index contributed by atoms with van der Waals surface area (Å²) >= 11 is 0. The molecular weight excluding hydrogens is 124 g/mol. The Bertz CT molecular complexity index is 86.7. The molecule has 0 aromatic heterocycles. The highest BCUT2D eigenvalue weighted by molar-refractivity contribution is 5.82. The molecule has 1 nitrogen and oxygen atoms in total. The maximum Gasteiger partial charge on any atom is 0.142 e. The van der Waals surface area contributed by atoms with Crippen molar-refractivity contribution < 1.29 is 4.79 Å². The van der Waals surface area contributed by atoms with Gasteiger partial charge in [0.15, 0.2) is 0 Å². The predicted molar refractivity (Wildman–Crippen MR) is 41.6 cm³/mol. The lowest BCUT2D eigenvalue weighted by Gasteiger charge is -1.95. The van der Waals surface area contributed by atoms with E-state index in [1.54, 1.807) is 0 Å². The first-order valence-electron chi connectivity index (χ1n) is 4.01. The van der Waals surface area contributed by atoms with Gasteiger partial charge >= 0.3 is 0 Å². The molecule has 1 heteroatoms. The number of rotatable bonds is 6. The second-order valence-electron chi connectivity index (χ2n) is 2.59. The third-order valence-corrected chi connectivity index (χ3v) is 1.51. The highest BCUT2D eigenvalue weighted by Crippen LogP contribution is 2.04. The molecular formula is C9H15O. The lowest BCUT2D eigenvalue weighted by atomic mass is 10.1. The van der Waals surface area contributed by atoms with E-state index in [2.05, 4.69) is 6.92 Å². The van der Waals surface area contributed by atoms with Crippen LogP contribution in [0.3, 0.4) is 0 Å². The van der Waals surface area contributed by atoms with Crippen LogP contribution in [0.1, 0.15) is 45.4 Å². The van der Waals surface area contributed by atoms with Gasteiger partial charge in [-0.1, -0.05) is 32.6 Å². The zero-order chi connectivity index (χ0) is 7.82. The number of carbonyl (C=O) groups excluding carboxylic acids is 1. The minimum Gasteiger partial charge on any atom is -0.299 e. The van der Waals surface area contributed by atoms with Crippen molar-refractivity contribution in [2.45, 2.75) is 45.4 Å². The van der Waals surface area contributed by atoms with E-state index in [1.807, 2.05) is 0 Å². The normalized spacial score (nSPS) is 9.80. The number of unbranched alkanes of at least 4 members (excludes halogenated alkanes) is 4. The Kier molecular flexibility index (Phi) is 6.56. The summed E-state index contributed by atoms with van der Waals surface area (Å²) in [5, 5.41) is 0. The van der Waals surface area contributed by atoms with Crippen LogP contribution in [0.15, 0.2) is 0 Å². The summed E-state index contributed by atoms with van der Waals surface area (Å²) in [5.41, 5.74) is 0. The molecule has 0 N–H and O–H groups in total. The maximum absolute atomic E-state index is 10.1. The van der Waals surface area contributed by atoms with Crippen molar-refractivity contribution >= 4 is 5.78 Å². The van der Waals surface area contributed by atoms with Crippen LogP contribution in [0.25, 0.3) is 0 Å². The van der Waals surface area contributed by atoms with Gasteiger partial charge in [-0.15, -0.1) is 0 Å². The van der Waals surface area contributed by atoms with Crippen molar-refractivity contribution in [1.82, 2.24) is 0 Å². The van der Waals surface area contributed by atoms with Gasteiger partial charge in [-0.2, -0.15) is 0 Å². The quantitative estimate of drug-likeness (QED) is 0.517.